The van der Waals surface area contributed by atoms with Crippen LogP contribution in [-0.2, 0) is 4.74 Å². The molecule has 0 fully saturated rings. The molecule has 3 aromatic heterocycles. The quantitative estimate of drug-likeness (QED) is 0.397. The van der Waals surface area contributed by atoms with Gasteiger partial charge in [0.25, 0.3) is 5.56 Å². The van der Waals surface area contributed by atoms with Gasteiger partial charge in [-0.25, -0.2) is 4.98 Å². The smallest absolute Gasteiger partial charge is 0.285 e. The summed E-state index contributed by atoms with van der Waals surface area (Å²) in [6.07, 6.45) is 3.95. The summed E-state index contributed by atoms with van der Waals surface area (Å²) < 4.78 is 7.57. The molecule has 0 amide bonds. The molecular weight excluding hydrogens is 346 g/mol. The number of ether oxygens (including phenoxy) is 1. The Bertz CT molecular complexity index is 1150. The van der Waals surface area contributed by atoms with E-state index in [1.807, 2.05) is 43.3 Å². The Hall–Kier alpha value is -3.88. The zero-order valence-electron chi connectivity index (χ0n) is 14.4. The van der Waals surface area contributed by atoms with Gasteiger partial charge in [0.05, 0.1) is 18.5 Å². The summed E-state index contributed by atoms with van der Waals surface area (Å²) in [7, 11) is 0. The highest BCUT2D eigenvalue weighted by molar-refractivity contribution is 5.74. The molecule has 4 aromatic rings. The average molecular weight is 361 g/mol. The number of nitrogens with zero attached hydrogens (tertiary/aromatic N) is 7. The van der Waals surface area contributed by atoms with E-state index < -0.39 is 0 Å². The van der Waals surface area contributed by atoms with Gasteiger partial charge in [0.2, 0.25) is 0 Å². The van der Waals surface area contributed by atoms with Gasteiger partial charge in [0.15, 0.2) is 17.9 Å². The summed E-state index contributed by atoms with van der Waals surface area (Å²) in [6.45, 7) is 2.29. The van der Waals surface area contributed by atoms with Crippen LogP contribution in [0.2, 0.25) is 0 Å². The van der Waals surface area contributed by atoms with Crippen molar-refractivity contribution in [2.75, 3.05) is 6.61 Å². The third-order valence-corrected chi connectivity index (χ3v) is 3.82. The molecule has 0 saturated heterocycles. The third-order valence-electron chi connectivity index (χ3n) is 3.82. The van der Waals surface area contributed by atoms with Crippen LogP contribution < -0.4 is 5.56 Å². The van der Waals surface area contributed by atoms with Gasteiger partial charge in [-0.05, 0) is 19.1 Å². The van der Waals surface area contributed by atoms with Crippen molar-refractivity contribution in [3.8, 4) is 17.1 Å². The van der Waals surface area contributed by atoms with Gasteiger partial charge in [-0.1, -0.05) is 30.3 Å². The molecule has 0 radical (unpaired) electrons. The molecule has 0 atom stereocenters. The predicted octanol–water partition coefficient (Wildman–Crippen LogP) is 1.87. The summed E-state index contributed by atoms with van der Waals surface area (Å²) in [6, 6.07) is 13.4. The number of hydrogen-bond acceptors (Lipinski definition) is 7. The number of fused-ring (bicyclic) bond motifs is 1. The van der Waals surface area contributed by atoms with Gasteiger partial charge in [-0.15, -0.1) is 15.3 Å². The minimum absolute atomic E-state index is 0.320. The third kappa shape index (κ3) is 3.17. The van der Waals surface area contributed by atoms with E-state index in [2.05, 4.69) is 25.4 Å². The normalized spacial score (nSPS) is 11.3. The summed E-state index contributed by atoms with van der Waals surface area (Å²) in [5.74, 6) is 0.465. The lowest BCUT2D eigenvalue weighted by molar-refractivity contribution is 0.340. The second-order valence-corrected chi connectivity index (χ2v) is 5.51. The molecule has 134 valence electrons. The fraction of sp³-hybridized carbons (Fsp3) is 0.111. The van der Waals surface area contributed by atoms with Crippen molar-refractivity contribution in [2.45, 2.75) is 6.92 Å². The van der Waals surface area contributed by atoms with Gasteiger partial charge in [-0.2, -0.15) is 14.5 Å². The Kier molecular flexibility index (Phi) is 4.40. The van der Waals surface area contributed by atoms with Gasteiger partial charge < -0.3 is 4.74 Å². The van der Waals surface area contributed by atoms with Gasteiger partial charge in [0.1, 0.15) is 11.7 Å². The van der Waals surface area contributed by atoms with Crippen molar-refractivity contribution in [2.24, 2.45) is 5.10 Å². The zero-order chi connectivity index (χ0) is 18.6. The number of benzene rings is 1. The van der Waals surface area contributed by atoms with Crippen LogP contribution in [-0.4, -0.2) is 42.6 Å². The molecule has 0 spiro atoms. The highest BCUT2D eigenvalue weighted by Gasteiger charge is 2.12. The fourth-order valence-electron chi connectivity index (χ4n) is 2.51. The molecule has 4 rings (SSSR count). The number of rotatable bonds is 5. The van der Waals surface area contributed by atoms with Crippen LogP contribution in [0.1, 0.15) is 6.92 Å². The van der Waals surface area contributed by atoms with Crippen molar-refractivity contribution < 1.29 is 4.74 Å². The molecule has 9 nitrogen and oxygen atoms in total. The highest BCUT2D eigenvalue weighted by atomic mass is 16.5. The molecule has 0 aliphatic heterocycles. The molecule has 0 unspecified atom stereocenters. The Labute approximate surface area is 153 Å². The van der Waals surface area contributed by atoms with Crippen LogP contribution in [0.15, 0.2) is 64.9 Å². The fourth-order valence-corrected chi connectivity index (χ4v) is 2.51. The maximum Gasteiger partial charge on any atom is 0.285 e. The van der Waals surface area contributed by atoms with Crippen LogP contribution in [0.4, 0.5) is 0 Å². The van der Waals surface area contributed by atoms with Crippen molar-refractivity contribution in [1.82, 2.24) is 29.6 Å². The SMILES string of the molecule is CCO/C=N\n1cnc2c(cnn2-c2ccc(-c3ccccc3)nn2)c1=O. The number of hydrogen-bond donors (Lipinski definition) is 0. The molecule has 1 aromatic carbocycles. The van der Waals surface area contributed by atoms with E-state index in [9.17, 15) is 4.79 Å². The standard InChI is InChI=1S/C18H15N7O2/c1-2-27-12-21-24-11-19-17-14(18(24)26)10-20-25(17)16-9-8-15(22-23-16)13-6-4-3-5-7-13/h3-12H,2H2,1H3/b21-12-. The van der Waals surface area contributed by atoms with Crippen LogP contribution in [0.3, 0.4) is 0 Å². The first kappa shape index (κ1) is 16.6. The van der Waals surface area contributed by atoms with E-state index in [1.165, 1.54) is 23.6 Å². The molecule has 0 aliphatic rings. The monoisotopic (exact) mass is 361 g/mol. The number of aromatic nitrogens is 6. The average Bonchev–Trinajstić information content (AvgIpc) is 3.15. The van der Waals surface area contributed by atoms with Gasteiger partial charge in [0, 0.05) is 5.56 Å². The lowest BCUT2D eigenvalue weighted by atomic mass is 10.1. The van der Waals surface area contributed by atoms with E-state index in [0.29, 0.717) is 23.5 Å². The summed E-state index contributed by atoms with van der Waals surface area (Å²) in [5.41, 5.74) is 1.74. The minimum Gasteiger partial charge on any atom is -0.482 e. The predicted molar refractivity (Wildman–Crippen MR) is 99.7 cm³/mol. The maximum atomic E-state index is 12.5. The van der Waals surface area contributed by atoms with E-state index in [0.717, 1.165) is 15.9 Å². The van der Waals surface area contributed by atoms with Crippen LogP contribution in [0.5, 0.6) is 0 Å². The first-order chi connectivity index (χ1) is 13.3. The van der Waals surface area contributed by atoms with Crippen molar-refractivity contribution >= 4 is 17.4 Å². The first-order valence-corrected chi connectivity index (χ1v) is 8.27. The molecule has 0 saturated carbocycles. The second kappa shape index (κ2) is 7.16. The molecule has 0 bridgehead atoms. The van der Waals surface area contributed by atoms with E-state index in [-0.39, 0.29) is 5.56 Å². The molecule has 27 heavy (non-hydrogen) atoms. The van der Waals surface area contributed by atoms with E-state index >= 15 is 0 Å². The Morgan fingerprint density at radius 1 is 1.15 bits per heavy atom. The minimum atomic E-state index is -0.351. The van der Waals surface area contributed by atoms with E-state index in [4.69, 9.17) is 4.74 Å². The molecule has 3 heterocycles. The summed E-state index contributed by atoms with van der Waals surface area (Å²) >= 11 is 0. The van der Waals surface area contributed by atoms with Gasteiger partial charge in [-0.3, -0.25) is 4.79 Å². The molecule has 0 aliphatic carbocycles. The zero-order valence-corrected chi connectivity index (χ0v) is 14.4. The van der Waals surface area contributed by atoms with Crippen molar-refractivity contribution in [3.63, 3.8) is 0 Å². The lowest BCUT2D eigenvalue weighted by Gasteiger charge is -2.03. The topological polar surface area (TPSA) is 100 Å². The Balaban J connectivity index is 1.70. The summed E-state index contributed by atoms with van der Waals surface area (Å²) in [4.78, 5) is 16.7. The van der Waals surface area contributed by atoms with Crippen LogP contribution in [0.25, 0.3) is 28.1 Å². The Morgan fingerprint density at radius 2 is 2.00 bits per heavy atom. The lowest BCUT2D eigenvalue weighted by Crippen LogP contribution is -2.17. The molecule has 9 heteroatoms. The Morgan fingerprint density at radius 3 is 2.74 bits per heavy atom. The molecular formula is C18H15N7O2. The maximum absolute atomic E-state index is 12.5. The first-order valence-electron chi connectivity index (χ1n) is 8.27. The molecule has 0 N–H and O–H groups in total. The van der Waals surface area contributed by atoms with Crippen molar-refractivity contribution in [1.29, 1.82) is 0 Å². The van der Waals surface area contributed by atoms with Crippen molar-refractivity contribution in [3.05, 3.63) is 65.3 Å². The largest absolute Gasteiger partial charge is 0.482 e. The second-order valence-electron chi connectivity index (χ2n) is 5.51. The van der Waals surface area contributed by atoms with Crippen LogP contribution in [0, 0.1) is 0 Å². The highest BCUT2D eigenvalue weighted by Crippen LogP contribution is 2.17. The van der Waals surface area contributed by atoms with E-state index in [1.54, 1.807) is 6.07 Å². The van der Waals surface area contributed by atoms with Crippen LogP contribution >= 0.6 is 0 Å². The van der Waals surface area contributed by atoms with Gasteiger partial charge >= 0.3 is 0 Å². The summed E-state index contributed by atoms with van der Waals surface area (Å²) in [5, 5.41) is 16.9.